The van der Waals surface area contributed by atoms with E-state index in [9.17, 15) is 4.79 Å². The third-order valence-electron chi connectivity index (χ3n) is 4.14. The van der Waals surface area contributed by atoms with Crippen molar-refractivity contribution in [3.05, 3.63) is 65.7 Å². The zero-order valence-electron chi connectivity index (χ0n) is 16.7. The number of nitrogens with two attached hydrogens (primary N) is 1. The first-order valence-electron chi connectivity index (χ1n) is 9.65. The molecule has 6 heteroatoms. The van der Waals surface area contributed by atoms with E-state index in [1.165, 1.54) is 5.56 Å². The number of primary amides is 1. The van der Waals surface area contributed by atoms with Gasteiger partial charge in [-0.1, -0.05) is 42.5 Å². The van der Waals surface area contributed by atoms with Gasteiger partial charge in [-0.25, -0.2) is 4.99 Å². The van der Waals surface area contributed by atoms with Crippen LogP contribution in [0.3, 0.4) is 0 Å². The Balaban J connectivity index is 1.90. The lowest BCUT2D eigenvalue weighted by Gasteiger charge is -2.18. The summed E-state index contributed by atoms with van der Waals surface area (Å²) in [7, 11) is 0. The zero-order chi connectivity index (χ0) is 20.2. The maximum absolute atomic E-state index is 10.8. The molecule has 0 bridgehead atoms. The van der Waals surface area contributed by atoms with Gasteiger partial charge in [0, 0.05) is 12.6 Å². The molecule has 0 spiro atoms. The van der Waals surface area contributed by atoms with Gasteiger partial charge in [-0.05, 0) is 49.9 Å². The molecule has 2 aromatic carbocycles. The maximum atomic E-state index is 10.8. The average molecular weight is 383 g/mol. The second-order valence-electron chi connectivity index (χ2n) is 6.67. The number of nitrogens with one attached hydrogen (secondary N) is 2. The second kappa shape index (κ2) is 11.6. The molecule has 0 aliphatic rings. The molecule has 0 heterocycles. The minimum Gasteiger partial charge on any atom is -0.484 e. The molecule has 28 heavy (non-hydrogen) atoms. The Morgan fingerprint density at radius 3 is 2.61 bits per heavy atom. The summed E-state index contributed by atoms with van der Waals surface area (Å²) in [6.07, 6.45) is 2.04. The van der Waals surface area contributed by atoms with Crippen LogP contribution in [0.1, 0.15) is 31.4 Å². The summed E-state index contributed by atoms with van der Waals surface area (Å²) in [5, 5.41) is 6.74. The minimum atomic E-state index is -0.494. The number of aliphatic imine (C=N–C) groups is 1. The Morgan fingerprint density at radius 1 is 1.14 bits per heavy atom. The molecule has 0 saturated carbocycles. The summed E-state index contributed by atoms with van der Waals surface area (Å²) in [5.74, 6) is 0.902. The summed E-state index contributed by atoms with van der Waals surface area (Å²) in [4.78, 5) is 15.5. The highest BCUT2D eigenvalue weighted by molar-refractivity contribution is 5.80. The number of hydrogen-bond donors (Lipinski definition) is 3. The molecule has 150 valence electrons. The van der Waals surface area contributed by atoms with Crippen molar-refractivity contribution in [1.82, 2.24) is 10.6 Å². The highest BCUT2D eigenvalue weighted by Gasteiger charge is 2.06. The summed E-state index contributed by atoms with van der Waals surface area (Å²) in [5.41, 5.74) is 7.45. The van der Waals surface area contributed by atoms with E-state index >= 15 is 0 Å². The van der Waals surface area contributed by atoms with Crippen LogP contribution < -0.4 is 21.1 Å². The monoisotopic (exact) mass is 382 g/mol. The minimum absolute atomic E-state index is 0.129. The molecule has 0 aromatic heterocycles. The van der Waals surface area contributed by atoms with Crippen LogP contribution in [0.4, 0.5) is 0 Å². The van der Waals surface area contributed by atoms with E-state index in [0.717, 1.165) is 30.9 Å². The molecular formula is C22H30N4O2. The highest BCUT2D eigenvalue weighted by Crippen LogP contribution is 2.14. The van der Waals surface area contributed by atoms with E-state index < -0.39 is 5.91 Å². The molecule has 2 aromatic rings. The quantitative estimate of drug-likeness (QED) is 0.435. The lowest BCUT2D eigenvalue weighted by Crippen LogP contribution is -2.42. The Hall–Kier alpha value is -3.02. The number of carbonyl (C=O) groups is 1. The van der Waals surface area contributed by atoms with Gasteiger partial charge in [-0.2, -0.15) is 0 Å². The van der Waals surface area contributed by atoms with Gasteiger partial charge in [0.25, 0.3) is 5.91 Å². The van der Waals surface area contributed by atoms with E-state index in [1.807, 2.05) is 31.2 Å². The van der Waals surface area contributed by atoms with Gasteiger partial charge in [0.2, 0.25) is 0 Å². The maximum Gasteiger partial charge on any atom is 0.255 e. The van der Waals surface area contributed by atoms with Gasteiger partial charge in [-0.15, -0.1) is 0 Å². The van der Waals surface area contributed by atoms with Crippen LogP contribution in [0.15, 0.2) is 59.6 Å². The van der Waals surface area contributed by atoms with E-state index in [0.29, 0.717) is 18.3 Å². The molecule has 2 rings (SSSR count). The molecular weight excluding hydrogens is 352 g/mol. The number of ether oxygens (including phenoxy) is 1. The first-order valence-corrected chi connectivity index (χ1v) is 9.65. The molecule has 0 radical (unpaired) electrons. The van der Waals surface area contributed by atoms with E-state index in [-0.39, 0.29) is 6.61 Å². The van der Waals surface area contributed by atoms with Crippen molar-refractivity contribution < 1.29 is 9.53 Å². The molecule has 1 atom stereocenters. The van der Waals surface area contributed by atoms with Crippen molar-refractivity contribution in [2.45, 2.75) is 39.3 Å². The standard InChI is InChI=1S/C22H30N4O2/c1-3-24-22(26-17(2)12-13-18-8-5-4-6-9-18)25-15-19-10-7-11-20(14-19)28-16-21(23)27/h4-11,14,17H,3,12-13,15-16H2,1-2H3,(H2,23,27)(H2,24,25,26). The van der Waals surface area contributed by atoms with Crippen LogP contribution in [0.5, 0.6) is 5.75 Å². The van der Waals surface area contributed by atoms with Crippen molar-refractivity contribution >= 4 is 11.9 Å². The van der Waals surface area contributed by atoms with Gasteiger partial charge in [0.1, 0.15) is 5.75 Å². The van der Waals surface area contributed by atoms with E-state index in [1.54, 1.807) is 6.07 Å². The Morgan fingerprint density at radius 2 is 1.89 bits per heavy atom. The fourth-order valence-electron chi connectivity index (χ4n) is 2.71. The summed E-state index contributed by atoms with van der Waals surface area (Å²) >= 11 is 0. The lowest BCUT2D eigenvalue weighted by atomic mass is 10.1. The molecule has 6 nitrogen and oxygen atoms in total. The number of amides is 1. The molecule has 4 N–H and O–H groups in total. The fourth-order valence-corrected chi connectivity index (χ4v) is 2.71. The third kappa shape index (κ3) is 8.12. The summed E-state index contributed by atoms with van der Waals surface area (Å²) in [6, 6.07) is 18.3. The summed E-state index contributed by atoms with van der Waals surface area (Å²) in [6.45, 7) is 5.38. The smallest absolute Gasteiger partial charge is 0.255 e. The van der Waals surface area contributed by atoms with Crippen molar-refractivity contribution in [3.8, 4) is 5.75 Å². The second-order valence-corrected chi connectivity index (χ2v) is 6.67. The molecule has 1 unspecified atom stereocenters. The Labute approximate surface area is 167 Å². The van der Waals surface area contributed by atoms with Crippen molar-refractivity contribution in [1.29, 1.82) is 0 Å². The van der Waals surface area contributed by atoms with Crippen LogP contribution in [0.25, 0.3) is 0 Å². The first-order chi connectivity index (χ1) is 13.6. The number of benzene rings is 2. The molecule has 0 aliphatic carbocycles. The third-order valence-corrected chi connectivity index (χ3v) is 4.14. The van der Waals surface area contributed by atoms with E-state index in [2.05, 4.69) is 46.8 Å². The number of aryl methyl sites for hydroxylation is 1. The van der Waals surface area contributed by atoms with Gasteiger partial charge < -0.3 is 21.1 Å². The fraction of sp³-hybridized carbons (Fsp3) is 0.364. The SMILES string of the molecule is CCNC(=NCc1cccc(OCC(N)=O)c1)NC(C)CCc1ccccc1. The van der Waals surface area contributed by atoms with Crippen LogP contribution in [-0.4, -0.2) is 31.1 Å². The van der Waals surface area contributed by atoms with Gasteiger partial charge in [0.15, 0.2) is 12.6 Å². The lowest BCUT2D eigenvalue weighted by molar-refractivity contribution is -0.119. The molecule has 0 saturated heterocycles. The topological polar surface area (TPSA) is 88.7 Å². The van der Waals surface area contributed by atoms with Gasteiger partial charge in [-0.3, -0.25) is 4.79 Å². The van der Waals surface area contributed by atoms with Crippen LogP contribution in [0.2, 0.25) is 0 Å². The van der Waals surface area contributed by atoms with Crippen molar-refractivity contribution in [2.75, 3.05) is 13.2 Å². The number of nitrogens with zero attached hydrogens (tertiary/aromatic N) is 1. The Bertz CT molecular complexity index is 762. The number of guanidine groups is 1. The van der Waals surface area contributed by atoms with Gasteiger partial charge in [0.05, 0.1) is 6.54 Å². The van der Waals surface area contributed by atoms with Crippen LogP contribution in [-0.2, 0) is 17.8 Å². The predicted molar refractivity (Wildman–Crippen MR) is 113 cm³/mol. The highest BCUT2D eigenvalue weighted by atomic mass is 16.5. The predicted octanol–water partition coefficient (Wildman–Crippen LogP) is 2.63. The Kier molecular flexibility index (Phi) is 8.85. The molecule has 0 aliphatic heterocycles. The normalized spacial score (nSPS) is 12.3. The number of hydrogen-bond acceptors (Lipinski definition) is 3. The largest absolute Gasteiger partial charge is 0.484 e. The van der Waals surface area contributed by atoms with E-state index in [4.69, 9.17) is 10.5 Å². The van der Waals surface area contributed by atoms with Gasteiger partial charge >= 0.3 is 0 Å². The van der Waals surface area contributed by atoms with Crippen molar-refractivity contribution in [2.24, 2.45) is 10.7 Å². The molecule has 0 fully saturated rings. The number of carbonyl (C=O) groups excluding carboxylic acids is 1. The number of rotatable bonds is 10. The van der Waals surface area contributed by atoms with Crippen LogP contribution >= 0.6 is 0 Å². The summed E-state index contributed by atoms with van der Waals surface area (Å²) < 4.78 is 5.35. The van der Waals surface area contributed by atoms with Crippen LogP contribution in [0, 0.1) is 0 Å². The zero-order valence-corrected chi connectivity index (χ0v) is 16.7. The average Bonchev–Trinajstić information content (AvgIpc) is 2.70. The molecule has 1 amide bonds. The van der Waals surface area contributed by atoms with Crippen molar-refractivity contribution in [3.63, 3.8) is 0 Å². The first kappa shape index (κ1) is 21.3.